The minimum atomic E-state index is -0.326. The van der Waals surface area contributed by atoms with Crippen molar-refractivity contribution in [1.29, 1.82) is 0 Å². The van der Waals surface area contributed by atoms with Crippen molar-refractivity contribution in [3.63, 3.8) is 0 Å². The topological polar surface area (TPSA) is 40.5 Å². The van der Waals surface area contributed by atoms with Crippen LogP contribution in [0.1, 0.15) is 36.3 Å². The Morgan fingerprint density at radius 2 is 2.11 bits per heavy atom. The Morgan fingerprint density at radius 3 is 2.89 bits per heavy atom. The largest absolute Gasteiger partial charge is 0.391 e. The van der Waals surface area contributed by atoms with Crippen LogP contribution < -0.4 is 0 Å². The number of aliphatic hydroxyl groups excluding tert-OH is 1. The van der Waals surface area contributed by atoms with Crippen LogP contribution in [0.3, 0.4) is 0 Å². The van der Waals surface area contributed by atoms with E-state index < -0.39 is 0 Å². The highest BCUT2D eigenvalue weighted by molar-refractivity contribution is 5.84. The molecule has 2 atom stereocenters. The standard InChI is InChI=1S/C15H19NO2/c17-12-8-9-16(10-12)15(18)14-7-3-5-11-4-1-2-6-13(11)14/h1-2,4,6,12,14,17H,3,5,7-10H2/t12-,14?/m0/s1. The predicted octanol–water partition coefficient (Wildman–Crippen LogP) is 1.70. The van der Waals surface area contributed by atoms with Gasteiger partial charge in [-0.05, 0) is 36.8 Å². The average Bonchev–Trinajstić information content (AvgIpc) is 2.84. The molecule has 1 aromatic rings. The Kier molecular flexibility index (Phi) is 3.08. The molecule has 18 heavy (non-hydrogen) atoms. The van der Waals surface area contributed by atoms with Crippen molar-refractivity contribution in [1.82, 2.24) is 4.90 Å². The molecule has 1 fully saturated rings. The van der Waals surface area contributed by atoms with Gasteiger partial charge in [0.15, 0.2) is 0 Å². The average molecular weight is 245 g/mol. The van der Waals surface area contributed by atoms with Crippen molar-refractivity contribution in [3.8, 4) is 0 Å². The summed E-state index contributed by atoms with van der Waals surface area (Å²) in [5.41, 5.74) is 2.52. The summed E-state index contributed by atoms with van der Waals surface area (Å²) in [5.74, 6) is 0.221. The molecule has 1 N–H and O–H groups in total. The first-order valence-electron chi connectivity index (χ1n) is 6.80. The Labute approximate surface area is 107 Å². The summed E-state index contributed by atoms with van der Waals surface area (Å²) in [6.07, 6.45) is 3.52. The Morgan fingerprint density at radius 1 is 1.28 bits per heavy atom. The molecule has 0 bridgehead atoms. The fourth-order valence-electron chi connectivity index (χ4n) is 3.17. The third-order valence-electron chi connectivity index (χ3n) is 4.14. The summed E-state index contributed by atoms with van der Waals surface area (Å²) in [4.78, 5) is 14.4. The number of amides is 1. The molecule has 96 valence electrons. The van der Waals surface area contributed by atoms with Gasteiger partial charge in [-0.15, -0.1) is 0 Å². The second kappa shape index (κ2) is 4.73. The van der Waals surface area contributed by atoms with Crippen LogP contribution in [0, 0.1) is 0 Å². The second-order valence-electron chi connectivity index (χ2n) is 5.37. The minimum absolute atomic E-state index is 0.0141. The van der Waals surface area contributed by atoms with Crippen molar-refractivity contribution in [3.05, 3.63) is 35.4 Å². The van der Waals surface area contributed by atoms with Crippen LogP contribution in [0.5, 0.6) is 0 Å². The summed E-state index contributed by atoms with van der Waals surface area (Å²) >= 11 is 0. The van der Waals surface area contributed by atoms with Crippen LogP contribution in [0.2, 0.25) is 0 Å². The zero-order chi connectivity index (χ0) is 12.5. The van der Waals surface area contributed by atoms with E-state index in [0.717, 1.165) is 25.7 Å². The van der Waals surface area contributed by atoms with Crippen molar-refractivity contribution >= 4 is 5.91 Å². The smallest absolute Gasteiger partial charge is 0.230 e. The molecule has 1 aliphatic heterocycles. The summed E-state index contributed by atoms with van der Waals surface area (Å²) in [7, 11) is 0. The van der Waals surface area contributed by atoms with E-state index in [0.29, 0.717) is 13.1 Å². The van der Waals surface area contributed by atoms with Crippen LogP contribution in [0.25, 0.3) is 0 Å². The number of carbonyl (C=O) groups excluding carboxylic acids is 1. The Balaban J connectivity index is 1.83. The Bertz CT molecular complexity index is 458. The van der Waals surface area contributed by atoms with Gasteiger partial charge in [-0.1, -0.05) is 24.3 Å². The number of hydrogen-bond donors (Lipinski definition) is 1. The molecule has 0 radical (unpaired) electrons. The third kappa shape index (κ3) is 2.03. The lowest BCUT2D eigenvalue weighted by Gasteiger charge is -2.28. The van der Waals surface area contributed by atoms with Crippen LogP contribution in [0.4, 0.5) is 0 Å². The maximum Gasteiger partial charge on any atom is 0.230 e. The van der Waals surface area contributed by atoms with Gasteiger partial charge in [0.1, 0.15) is 0 Å². The number of carbonyl (C=O) groups is 1. The van der Waals surface area contributed by atoms with Crippen molar-refractivity contribution in [2.45, 2.75) is 37.7 Å². The van der Waals surface area contributed by atoms with Crippen LogP contribution in [-0.4, -0.2) is 35.1 Å². The maximum absolute atomic E-state index is 12.5. The molecule has 3 heteroatoms. The van der Waals surface area contributed by atoms with E-state index in [9.17, 15) is 9.90 Å². The fraction of sp³-hybridized carbons (Fsp3) is 0.533. The Hall–Kier alpha value is -1.35. The van der Waals surface area contributed by atoms with E-state index >= 15 is 0 Å². The van der Waals surface area contributed by atoms with Gasteiger partial charge >= 0.3 is 0 Å². The lowest BCUT2D eigenvalue weighted by molar-refractivity contribution is -0.132. The first-order chi connectivity index (χ1) is 8.75. The molecule has 1 saturated heterocycles. The van der Waals surface area contributed by atoms with Crippen molar-refractivity contribution < 1.29 is 9.90 Å². The van der Waals surface area contributed by atoms with Gasteiger partial charge in [0, 0.05) is 13.1 Å². The van der Waals surface area contributed by atoms with Gasteiger partial charge < -0.3 is 10.0 Å². The van der Waals surface area contributed by atoms with Crippen LogP contribution in [0.15, 0.2) is 24.3 Å². The summed E-state index contributed by atoms with van der Waals surface area (Å²) in [6, 6.07) is 8.28. The lowest BCUT2D eigenvalue weighted by atomic mass is 9.82. The van der Waals surface area contributed by atoms with E-state index in [1.54, 1.807) is 0 Å². The number of aliphatic hydroxyl groups is 1. The molecular weight excluding hydrogens is 226 g/mol. The van der Waals surface area contributed by atoms with E-state index in [1.165, 1.54) is 11.1 Å². The number of nitrogens with zero attached hydrogens (tertiary/aromatic N) is 1. The summed E-state index contributed by atoms with van der Waals surface area (Å²) in [5, 5.41) is 9.55. The van der Waals surface area contributed by atoms with Gasteiger partial charge in [0.2, 0.25) is 5.91 Å². The van der Waals surface area contributed by atoms with Gasteiger partial charge in [-0.25, -0.2) is 0 Å². The first-order valence-corrected chi connectivity index (χ1v) is 6.80. The zero-order valence-electron chi connectivity index (χ0n) is 10.5. The molecule has 0 saturated carbocycles. The summed E-state index contributed by atoms with van der Waals surface area (Å²) in [6.45, 7) is 1.22. The second-order valence-corrected chi connectivity index (χ2v) is 5.37. The molecule has 1 unspecified atom stereocenters. The predicted molar refractivity (Wildman–Crippen MR) is 69.3 cm³/mol. The summed E-state index contributed by atoms with van der Waals surface area (Å²) < 4.78 is 0. The molecule has 1 amide bonds. The van der Waals surface area contributed by atoms with Gasteiger partial charge in [-0.2, -0.15) is 0 Å². The molecule has 3 nitrogen and oxygen atoms in total. The highest BCUT2D eigenvalue weighted by Crippen LogP contribution is 2.33. The lowest BCUT2D eigenvalue weighted by Crippen LogP contribution is -2.35. The van der Waals surface area contributed by atoms with Crippen molar-refractivity contribution in [2.24, 2.45) is 0 Å². The SMILES string of the molecule is O=C(C1CCCc2ccccc21)N1CC[C@H](O)C1. The van der Waals surface area contributed by atoms with Gasteiger partial charge in [0.25, 0.3) is 0 Å². The normalized spacial score (nSPS) is 27.1. The number of fused-ring (bicyclic) bond motifs is 1. The number of hydrogen-bond acceptors (Lipinski definition) is 2. The monoisotopic (exact) mass is 245 g/mol. The molecule has 1 heterocycles. The number of benzene rings is 1. The van der Waals surface area contributed by atoms with E-state index in [1.807, 2.05) is 17.0 Å². The maximum atomic E-state index is 12.5. The number of β-amino-alcohol motifs (C(OH)–C–C–N with tert-alkyl or cyclic N) is 1. The quantitative estimate of drug-likeness (QED) is 0.818. The molecule has 1 aromatic carbocycles. The number of aryl methyl sites for hydroxylation is 1. The van der Waals surface area contributed by atoms with Crippen LogP contribution in [-0.2, 0) is 11.2 Å². The van der Waals surface area contributed by atoms with E-state index in [2.05, 4.69) is 12.1 Å². The van der Waals surface area contributed by atoms with Crippen LogP contribution >= 0.6 is 0 Å². The van der Waals surface area contributed by atoms with Crippen molar-refractivity contribution in [2.75, 3.05) is 13.1 Å². The highest BCUT2D eigenvalue weighted by atomic mass is 16.3. The first kappa shape index (κ1) is 11.7. The molecule has 3 rings (SSSR count). The minimum Gasteiger partial charge on any atom is -0.391 e. The number of rotatable bonds is 1. The fourth-order valence-corrected chi connectivity index (χ4v) is 3.17. The zero-order valence-corrected chi connectivity index (χ0v) is 10.5. The molecule has 2 aliphatic rings. The van der Waals surface area contributed by atoms with E-state index in [-0.39, 0.29) is 17.9 Å². The van der Waals surface area contributed by atoms with Gasteiger partial charge in [0.05, 0.1) is 12.0 Å². The molecule has 1 aliphatic carbocycles. The van der Waals surface area contributed by atoms with E-state index in [4.69, 9.17) is 0 Å². The number of likely N-dealkylation sites (tertiary alicyclic amines) is 1. The molecule has 0 spiro atoms. The molecule has 0 aromatic heterocycles. The molecular formula is C15H19NO2. The third-order valence-corrected chi connectivity index (χ3v) is 4.14. The highest BCUT2D eigenvalue weighted by Gasteiger charge is 2.33. The van der Waals surface area contributed by atoms with Gasteiger partial charge in [-0.3, -0.25) is 4.79 Å².